The van der Waals surface area contributed by atoms with Gasteiger partial charge in [-0.05, 0) is 140 Å². The summed E-state index contributed by atoms with van der Waals surface area (Å²) in [5, 5.41) is 2.29. The van der Waals surface area contributed by atoms with Crippen molar-refractivity contribution >= 4 is 32.8 Å². The first-order valence-electron chi connectivity index (χ1n) is 26.0. The summed E-state index contributed by atoms with van der Waals surface area (Å²) >= 11 is 0. The number of hydrogen-bond donors (Lipinski definition) is 0. The molecule has 0 atom stereocenters. The van der Waals surface area contributed by atoms with E-state index in [0.717, 1.165) is 100 Å². The van der Waals surface area contributed by atoms with Crippen LogP contribution in [0.3, 0.4) is 0 Å². The Morgan fingerprint density at radius 3 is 1.66 bits per heavy atom. The third kappa shape index (κ3) is 8.42. The molecular weight excluding hydrogens is 925 g/mol. The number of imidazole rings is 1. The molecule has 0 bridgehead atoms. The Kier molecular flexibility index (Phi) is 11.6. The van der Waals surface area contributed by atoms with Gasteiger partial charge in [0.2, 0.25) is 0 Å². The molecule has 0 radical (unpaired) electrons. The number of ether oxygens (including phenoxy) is 1. The quantitative estimate of drug-likeness (QED) is 0.101. The van der Waals surface area contributed by atoms with E-state index in [1.807, 2.05) is 6.20 Å². The summed E-state index contributed by atoms with van der Waals surface area (Å²) in [6, 6.07) is 88.6. The van der Waals surface area contributed by atoms with E-state index in [1.54, 1.807) is 0 Å². The van der Waals surface area contributed by atoms with Gasteiger partial charge in [-0.2, -0.15) is 0 Å². The first-order valence-corrected chi connectivity index (χ1v) is 26.0. The highest BCUT2D eigenvalue weighted by atomic mass is 16.5. The molecule has 13 rings (SSSR count). The Morgan fingerprint density at radius 1 is 0.434 bits per heavy atom. The van der Waals surface area contributed by atoms with E-state index >= 15 is 0 Å². The van der Waals surface area contributed by atoms with E-state index in [2.05, 4.69) is 296 Å². The summed E-state index contributed by atoms with van der Waals surface area (Å²) in [7, 11) is 0. The molecule has 3 heterocycles. The number of rotatable bonds is 10. The number of fused-ring (bicyclic) bond motifs is 4. The Labute approximate surface area is 443 Å². The molecule has 0 unspecified atom stereocenters. The molecule has 0 saturated carbocycles. The number of pyridine rings is 1. The molecule has 364 valence electrons. The summed E-state index contributed by atoms with van der Waals surface area (Å²) in [4.78, 5) is 4.97. The zero-order chi connectivity index (χ0) is 51.3. The van der Waals surface area contributed by atoms with Gasteiger partial charge in [-0.25, -0.2) is 4.98 Å². The summed E-state index contributed by atoms with van der Waals surface area (Å²) in [5.41, 5.74) is 19.7. The lowest BCUT2D eigenvalue weighted by molar-refractivity contribution is -0.571. The fourth-order valence-electron chi connectivity index (χ4n) is 11.0. The number of benzene rings is 10. The Hall–Kier alpha value is -9.58. The van der Waals surface area contributed by atoms with E-state index in [9.17, 15) is 0 Å². The normalized spacial score (nSPS) is 11.7. The molecule has 0 aliphatic heterocycles. The predicted molar refractivity (Wildman–Crippen MR) is 313 cm³/mol. The van der Waals surface area contributed by atoms with E-state index in [0.29, 0.717) is 11.5 Å². The molecule has 5 heteroatoms. The standard InChI is InChI=1S/C71H54N4O/c1-48-63(52-28-15-8-16-29-52)42-53(49-22-9-5-10-23-49)43-64(48)54-40-56(45-58(41-54)76-57-36-37-62-61-30-17-18-33-65(61)75(68(62)46-57)69-44-55(38-39-72-69)71(2,3)4)73-47-74(67-35-20-19-34-66(67)73)70-59(50-24-11-6-12-25-50)31-21-32-60(70)51-26-13-7-14-27-51/h5-46H,1-4H3. The van der Waals surface area contributed by atoms with Gasteiger partial charge in [0.05, 0.1) is 33.4 Å². The Bertz CT molecular complexity index is 4220. The first kappa shape index (κ1) is 46.2. The van der Waals surface area contributed by atoms with Crippen LogP contribution in [0, 0.1) is 13.3 Å². The van der Waals surface area contributed by atoms with Crippen molar-refractivity contribution in [1.29, 1.82) is 0 Å². The van der Waals surface area contributed by atoms with Crippen LogP contribution in [0.5, 0.6) is 11.5 Å². The van der Waals surface area contributed by atoms with E-state index < -0.39 is 0 Å². The van der Waals surface area contributed by atoms with Crippen molar-refractivity contribution in [2.75, 3.05) is 0 Å². The smallest absolute Gasteiger partial charge is 0.269 e. The number of hydrogen-bond acceptors (Lipinski definition) is 2. The minimum Gasteiger partial charge on any atom is -0.458 e. The monoisotopic (exact) mass is 978 g/mol. The molecule has 5 nitrogen and oxygen atoms in total. The molecular formula is C71H54N4O. The molecule has 3 aromatic heterocycles. The van der Waals surface area contributed by atoms with Crippen molar-refractivity contribution in [2.45, 2.75) is 33.1 Å². The minimum absolute atomic E-state index is 0.0501. The average molecular weight is 979 g/mol. The Balaban J connectivity index is 1.05. The SMILES string of the molecule is Cc1c(-c2ccccc2)cc(-c2ccccc2)cc1-c1cc(Oc2ccc3c4ccccc4n(-c4cc(C(C)(C)C)ccn4)c3c2)cc(-n2[c-][n+](-c3c(-c4ccccc4)cccc3-c3ccccc3)c3ccccc32)c1. The van der Waals surface area contributed by atoms with E-state index in [-0.39, 0.29) is 5.41 Å². The second-order valence-electron chi connectivity index (χ2n) is 20.6. The third-order valence-electron chi connectivity index (χ3n) is 14.8. The van der Waals surface area contributed by atoms with Crippen molar-refractivity contribution in [3.05, 3.63) is 272 Å². The fourth-order valence-corrected chi connectivity index (χ4v) is 11.0. The van der Waals surface area contributed by atoms with Crippen molar-refractivity contribution < 1.29 is 9.30 Å². The number of para-hydroxylation sites is 4. The molecule has 13 aromatic rings. The molecule has 0 aliphatic carbocycles. The van der Waals surface area contributed by atoms with Gasteiger partial charge in [0.25, 0.3) is 6.33 Å². The molecule has 10 aromatic carbocycles. The van der Waals surface area contributed by atoms with Gasteiger partial charge in [0.1, 0.15) is 17.3 Å². The van der Waals surface area contributed by atoms with Crippen LogP contribution < -0.4 is 9.30 Å². The lowest BCUT2D eigenvalue weighted by Gasteiger charge is -2.20. The van der Waals surface area contributed by atoms with Crippen molar-refractivity contribution in [3.63, 3.8) is 0 Å². The lowest BCUT2D eigenvalue weighted by atomic mass is 9.88. The molecule has 76 heavy (non-hydrogen) atoms. The van der Waals surface area contributed by atoms with Crippen LogP contribution in [0.2, 0.25) is 0 Å². The zero-order valence-electron chi connectivity index (χ0n) is 42.9. The molecule has 0 spiro atoms. The maximum absolute atomic E-state index is 7.23. The van der Waals surface area contributed by atoms with Gasteiger partial charge < -0.3 is 4.74 Å². The lowest BCUT2D eigenvalue weighted by Crippen LogP contribution is -2.31. The number of aromatic nitrogens is 4. The van der Waals surface area contributed by atoms with Gasteiger partial charge in [0, 0.05) is 23.0 Å². The molecule has 0 fully saturated rings. The first-order chi connectivity index (χ1) is 37.2. The summed E-state index contributed by atoms with van der Waals surface area (Å²) in [6.07, 6.45) is 5.88. The van der Waals surface area contributed by atoms with Crippen LogP contribution in [-0.2, 0) is 5.41 Å². The van der Waals surface area contributed by atoms with Crippen LogP contribution in [0.15, 0.2) is 255 Å². The molecule has 0 amide bonds. The van der Waals surface area contributed by atoms with Gasteiger partial charge in [-0.3, -0.25) is 13.7 Å². The summed E-state index contributed by atoms with van der Waals surface area (Å²) in [5.74, 6) is 2.28. The second-order valence-corrected chi connectivity index (χ2v) is 20.6. The van der Waals surface area contributed by atoms with Gasteiger partial charge in [-0.15, -0.1) is 0 Å². The van der Waals surface area contributed by atoms with Crippen LogP contribution in [0.4, 0.5) is 0 Å². The maximum atomic E-state index is 7.23. The van der Waals surface area contributed by atoms with Crippen molar-refractivity contribution in [1.82, 2.24) is 14.1 Å². The van der Waals surface area contributed by atoms with Crippen LogP contribution in [0.25, 0.3) is 106 Å². The van der Waals surface area contributed by atoms with Gasteiger partial charge >= 0.3 is 0 Å². The highest BCUT2D eigenvalue weighted by Gasteiger charge is 2.23. The molecule has 0 N–H and O–H groups in total. The van der Waals surface area contributed by atoms with E-state index in [4.69, 9.17) is 9.72 Å². The predicted octanol–water partition coefficient (Wildman–Crippen LogP) is 17.9. The summed E-state index contributed by atoms with van der Waals surface area (Å²) in [6.45, 7) is 8.97. The second kappa shape index (κ2) is 19.0. The molecule has 0 saturated heterocycles. The zero-order valence-corrected chi connectivity index (χ0v) is 42.9. The topological polar surface area (TPSA) is 35.9 Å². The van der Waals surface area contributed by atoms with Crippen molar-refractivity contribution in [3.8, 4) is 84.3 Å². The summed E-state index contributed by atoms with van der Waals surface area (Å²) < 4.78 is 14.0. The minimum atomic E-state index is -0.0501. The largest absolute Gasteiger partial charge is 0.458 e. The highest BCUT2D eigenvalue weighted by molar-refractivity contribution is 6.09. The maximum Gasteiger partial charge on any atom is 0.269 e. The van der Waals surface area contributed by atoms with Crippen LogP contribution in [0.1, 0.15) is 31.9 Å². The third-order valence-corrected chi connectivity index (χ3v) is 14.8. The van der Waals surface area contributed by atoms with Crippen LogP contribution >= 0.6 is 0 Å². The van der Waals surface area contributed by atoms with Crippen LogP contribution in [-0.4, -0.2) is 14.1 Å². The highest BCUT2D eigenvalue weighted by Crippen LogP contribution is 2.42. The van der Waals surface area contributed by atoms with Gasteiger partial charge in [0.15, 0.2) is 0 Å². The fraction of sp³-hybridized carbons (Fsp3) is 0.0704. The Morgan fingerprint density at radius 2 is 1.00 bits per heavy atom. The van der Waals surface area contributed by atoms with Gasteiger partial charge in [-0.1, -0.05) is 203 Å². The average Bonchev–Trinajstić information content (AvgIpc) is 4.09. The van der Waals surface area contributed by atoms with Crippen molar-refractivity contribution in [2.24, 2.45) is 0 Å². The van der Waals surface area contributed by atoms with E-state index in [1.165, 1.54) is 16.7 Å². The molecule has 0 aliphatic rings. The number of nitrogens with zero attached hydrogens (tertiary/aromatic N) is 4.